The maximum Gasteiger partial charge on any atom is 0.326 e. The molecule has 5 rings (SSSR count). The number of allylic oxidation sites excluding steroid dienone is 2. The van der Waals surface area contributed by atoms with Crippen LogP contribution in [-0.2, 0) is 16.0 Å². The average Bonchev–Trinajstić information content (AvgIpc) is 2.84. The van der Waals surface area contributed by atoms with Gasteiger partial charge in [-0.3, -0.25) is 9.78 Å². The normalized spacial score (nSPS) is 17.7. The van der Waals surface area contributed by atoms with Gasteiger partial charge in [0, 0.05) is 36.3 Å². The minimum atomic E-state index is -0.936. The van der Waals surface area contributed by atoms with Crippen LogP contribution < -0.4 is 10.1 Å². The van der Waals surface area contributed by atoms with Crippen LogP contribution >= 0.6 is 0 Å². The number of aromatic nitrogens is 2. The van der Waals surface area contributed by atoms with Crippen molar-refractivity contribution in [1.29, 1.82) is 0 Å². The van der Waals surface area contributed by atoms with Crippen molar-refractivity contribution >= 4 is 22.5 Å². The molecule has 0 radical (unpaired) electrons. The number of carbonyl (C=O) groups excluding carboxylic acids is 1. The summed E-state index contributed by atoms with van der Waals surface area (Å²) in [5, 5.41) is 14.8. The highest BCUT2D eigenvalue weighted by Gasteiger charge is 2.49. The van der Waals surface area contributed by atoms with Crippen LogP contribution in [0.25, 0.3) is 10.8 Å². The summed E-state index contributed by atoms with van der Waals surface area (Å²) in [4.78, 5) is 33.0. The number of hydrogen-bond donors (Lipinski definition) is 2. The van der Waals surface area contributed by atoms with E-state index in [1.54, 1.807) is 18.5 Å². The van der Waals surface area contributed by atoms with E-state index in [2.05, 4.69) is 15.3 Å². The van der Waals surface area contributed by atoms with Crippen molar-refractivity contribution in [2.24, 2.45) is 5.41 Å². The van der Waals surface area contributed by atoms with E-state index in [0.717, 1.165) is 59.8 Å². The van der Waals surface area contributed by atoms with Gasteiger partial charge in [0.2, 0.25) is 5.88 Å². The first-order valence-corrected chi connectivity index (χ1v) is 11.7. The van der Waals surface area contributed by atoms with Gasteiger partial charge >= 0.3 is 5.97 Å². The van der Waals surface area contributed by atoms with Gasteiger partial charge in [0.15, 0.2) is 5.78 Å². The summed E-state index contributed by atoms with van der Waals surface area (Å²) in [5.74, 6) is 0.294. The smallest absolute Gasteiger partial charge is 0.326 e. The van der Waals surface area contributed by atoms with Crippen LogP contribution in [0.4, 0.5) is 0 Å². The molecule has 1 aromatic carbocycles. The first-order chi connectivity index (χ1) is 16.4. The Bertz CT molecular complexity index is 1280. The first-order valence-electron chi connectivity index (χ1n) is 11.7. The fourth-order valence-corrected chi connectivity index (χ4v) is 5.01. The molecule has 0 bridgehead atoms. The van der Waals surface area contributed by atoms with E-state index in [9.17, 15) is 14.7 Å². The van der Waals surface area contributed by atoms with Crippen LogP contribution in [-0.4, -0.2) is 32.9 Å². The van der Waals surface area contributed by atoms with Gasteiger partial charge in [-0.05, 0) is 55.0 Å². The van der Waals surface area contributed by atoms with Gasteiger partial charge in [-0.2, -0.15) is 0 Å². The molecule has 1 fully saturated rings. The molecular formula is C27H27N3O4. The van der Waals surface area contributed by atoms with Crippen LogP contribution in [0.1, 0.15) is 43.4 Å². The standard InChI is InChI=1S/C27H27N3O4/c1-17-13-19-9-12-28-16-21(19)25(29-17)34-20-7-5-18(6-8-20)14-22(26(32)33)30-23-15-24(31)27(23)10-3-2-4-11-27/h5-9,12-13,15-16,22,30H,2-4,10-11,14H2,1H3,(H,32,33). The minimum Gasteiger partial charge on any atom is -0.480 e. The molecule has 0 saturated heterocycles. The lowest BCUT2D eigenvalue weighted by Crippen LogP contribution is -2.51. The molecule has 1 spiro atoms. The van der Waals surface area contributed by atoms with Crippen LogP contribution in [0.15, 0.2) is 60.6 Å². The number of pyridine rings is 2. The number of fused-ring (bicyclic) bond motifs is 1. The highest BCUT2D eigenvalue weighted by atomic mass is 16.5. The summed E-state index contributed by atoms with van der Waals surface area (Å²) < 4.78 is 6.03. The lowest BCUT2D eigenvalue weighted by Gasteiger charge is -2.44. The molecule has 3 aromatic rings. The van der Waals surface area contributed by atoms with Crippen LogP contribution in [0.5, 0.6) is 11.6 Å². The number of benzene rings is 1. The van der Waals surface area contributed by atoms with Gasteiger partial charge < -0.3 is 15.2 Å². The second-order valence-electron chi connectivity index (χ2n) is 9.22. The number of ketones is 1. The molecule has 0 aliphatic heterocycles. The van der Waals surface area contributed by atoms with E-state index in [0.29, 0.717) is 18.1 Å². The molecular weight excluding hydrogens is 430 g/mol. The fourth-order valence-electron chi connectivity index (χ4n) is 5.01. The van der Waals surface area contributed by atoms with E-state index < -0.39 is 17.4 Å². The molecule has 2 N–H and O–H groups in total. The lowest BCUT2D eigenvalue weighted by atomic mass is 9.62. The predicted molar refractivity (Wildman–Crippen MR) is 128 cm³/mol. The minimum absolute atomic E-state index is 0.132. The molecule has 0 amide bonds. The Morgan fingerprint density at radius 2 is 1.94 bits per heavy atom. The van der Waals surface area contributed by atoms with E-state index >= 15 is 0 Å². The molecule has 1 atom stereocenters. The number of ether oxygens (including phenoxy) is 1. The summed E-state index contributed by atoms with van der Waals surface area (Å²) >= 11 is 0. The van der Waals surface area contributed by atoms with Crippen molar-refractivity contribution in [3.63, 3.8) is 0 Å². The Kier molecular flexibility index (Phi) is 5.77. The van der Waals surface area contributed by atoms with Crippen molar-refractivity contribution < 1.29 is 19.4 Å². The second kappa shape index (κ2) is 8.89. The summed E-state index contributed by atoms with van der Waals surface area (Å²) in [7, 11) is 0. The maximum absolute atomic E-state index is 12.3. The van der Waals surface area contributed by atoms with Crippen molar-refractivity contribution in [2.45, 2.75) is 51.5 Å². The van der Waals surface area contributed by atoms with E-state index in [-0.39, 0.29) is 5.78 Å². The van der Waals surface area contributed by atoms with Crippen LogP contribution in [0.2, 0.25) is 0 Å². The zero-order chi connectivity index (χ0) is 23.7. The zero-order valence-electron chi connectivity index (χ0n) is 19.1. The zero-order valence-corrected chi connectivity index (χ0v) is 19.1. The molecule has 1 unspecified atom stereocenters. The molecule has 174 valence electrons. The van der Waals surface area contributed by atoms with Crippen molar-refractivity contribution in [3.8, 4) is 11.6 Å². The number of carbonyl (C=O) groups is 2. The molecule has 34 heavy (non-hydrogen) atoms. The summed E-state index contributed by atoms with van der Waals surface area (Å²) in [6.07, 6.45) is 10.1. The van der Waals surface area contributed by atoms with E-state index in [4.69, 9.17) is 4.74 Å². The van der Waals surface area contributed by atoms with Gasteiger partial charge in [-0.25, -0.2) is 9.78 Å². The quantitative estimate of drug-likeness (QED) is 0.529. The third-order valence-corrected chi connectivity index (χ3v) is 6.90. The Morgan fingerprint density at radius 1 is 1.18 bits per heavy atom. The van der Waals surface area contributed by atoms with Gasteiger partial charge in [0.05, 0.1) is 10.8 Å². The van der Waals surface area contributed by atoms with Crippen molar-refractivity contribution in [1.82, 2.24) is 15.3 Å². The largest absolute Gasteiger partial charge is 0.480 e. The van der Waals surface area contributed by atoms with Gasteiger partial charge in [0.25, 0.3) is 0 Å². The number of aliphatic carboxylic acids is 1. The topological polar surface area (TPSA) is 101 Å². The summed E-state index contributed by atoms with van der Waals surface area (Å²) in [6, 6.07) is 10.4. The van der Waals surface area contributed by atoms with Crippen LogP contribution in [0.3, 0.4) is 0 Å². The molecule has 2 aliphatic carbocycles. The SMILES string of the molecule is Cc1cc2ccncc2c(Oc2ccc(CC(NC3=CC(=O)C34CCCCC4)C(=O)O)cc2)n1. The highest BCUT2D eigenvalue weighted by Crippen LogP contribution is 2.48. The maximum atomic E-state index is 12.3. The number of aryl methyl sites for hydroxylation is 1. The van der Waals surface area contributed by atoms with Gasteiger partial charge in [-0.15, -0.1) is 0 Å². The van der Waals surface area contributed by atoms with Crippen molar-refractivity contribution in [2.75, 3.05) is 0 Å². The Balaban J connectivity index is 1.29. The number of nitrogens with zero attached hydrogens (tertiary/aromatic N) is 2. The highest BCUT2D eigenvalue weighted by molar-refractivity contribution is 6.05. The Hall–Kier alpha value is -3.74. The summed E-state index contributed by atoms with van der Waals surface area (Å²) in [5.41, 5.74) is 2.01. The lowest BCUT2D eigenvalue weighted by molar-refractivity contribution is -0.140. The van der Waals surface area contributed by atoms with Crippen LogP contribution in [0, 0.1) is 12.3 Å². The van der Waals surface area contributed by atoms with E-state index in [1.165, 1.54) is 0 Å². The molecule has 2 aliphatic rings. The third kappa shape index (κ3) is 4.14. The Labute approximate surface area is 197 Å². The molecule has 7 nitrogen and oxygen atoms in total. The summed E-state index contributed by atoms with van der Waals surface area (Å²) in [6.45, 7) is 1.91. The number of rotatable bonds is 7. The fraction of sp³-hybridized carbons (Fsp3) is 0.333. The number of nitrogens with one attached hydrogen (secondary N) is 1. The first kappa shape index (κ1) is 22.1. The average molecular weight is 458 g/mol. The van der Waals surface area contributed by atoms with Gasteiger partial charge in [-0.1, -0.05) is 31.4 Å². The van der Waals surface area contributed by atoms with Crippen molar-refractivity contribution in [3.05, 3.63) is 71.8 Å². The Morgan fingerprint density at radius 3 is 2.65 bits per heavy atom. The monoisotopic (exact) mass is 457 g/mol. The molecule has 2 heterocycles. The number of hydrogen-bond acceptors (Lipinski definition) is 6. The molecule has 1 saturated carbocycles. The molecule has 2 aromatic heterocycles. The third-order valence-electron chi connectivity index (χ3n) is 6.90. The molecule has 7 heteroatoms. The number of carboxylic acid groups (broad SMARTS) is 1. The second-order valence-corrected chi connectivity index (χ2v) is 9.22. The predicted octanol–water partition coefficient (Wildman–Crippen LogP) is 4.73. The number of carboxylic acids is 1. The van der Waals surface area contributed by atoms with E-state index in [1.807, 2.05) is 43.3 Å². The van der Waals surface area contributed by atoms with Gasteiger partial charge in [0.1, 0.15) is 11.8 Å².